The van der Waals surface area contributed by atoms with Crippen molar-refractivity contribution < 1.29 is 24.9 Å². The first kappa shape index (κ1) is 21.7. The van der Waals surface area contributed by atoms with Gasteiger partial charge in [0, 0.05) is 35.4 Å². The summed E-state index contributed by atoms with van der Waals surface area (Å²) in [7, 11) is 0. The summed E-state index contributed by atoms with van der Waals surface area (Å²) in [6, 6.07) is 12.6. The Labute approximate surface area is 167 Å². The van der Waals surface area contributed by atoms with E-state index in [0.717, 1.165) is 11.3 Å². The van der Waals surface area contributed by atoms with E-state index in [1.165, 1.54) is 10.8 Å². The van der Waals surface area contributed by atoms with Gasteiger partial charge in [-0.25, -0.2) is 15.6 Å². The molecule has 0 fully saturated rings. The minimum atomic E-state index is -1.03. The van der Waals surface area contributed by atoms with E-state index in [4.69, 9.17) is 16.7 Å². The molecule has 0 saturated carbocycles. The molecule has 0 aromatic heterocycles. The van der Waals surface area contributed by atoms with Gasteiger partial charge in [0.05, 0.1) is 0 Å². The van der Waals surface area contributed by atoms with Crippen molar-refractivity contribution in [3.05, 3.63) is 65.2 Å². The summed E-state index contributed by atoms with van der Waals surface area (Å²) in [4.78, 5) is 34.8. The molecule has 0 radical (unpaired) electrons. The average molecular weight is 396 g/mol. The van der Waals surface area contributed by atoms with Gasteiger partial charge in [0.1, 0.15) is 18.3 Å². The van der Waals surface area contributed by atoms with E-state index in [1.807, 2.05) is 0 Å². The Morgan fingerprint density at radius 1 is 0.966 bits per heavy atom. The highest BCUT2D eigenvalue weighted by atomic mass is 16.5. The molecule has 0 aliphatic rings. The molecule has 0 unspecified atom stereocenters. The fourth-order valence-corrected chi connectivity index (χ4v) is 2.31. The van der Waals surface area contributed by atoms with Crippen molar-refractivity contribution in [2.24, 2.45) is 11.5 Å². The molecular weight excluding hydrogens is 374 g/mol. The van der Waals surface area contributed by atoms with E-state index in [2.05, 4.69) is 17.2 Å². The lowest BCUT2D eigenvalue weighted by atomic mass is 10.1. The summed E-state index contributed by atoms with van der Waals surface area (Å²) in [5.74, 6) is 4.54. The number of primary amides is 1. The lowest BCUT2D eigenvalue weighted by molar-refractivity contribution is -0.482. The molecule has 0 bridgehead atoms. The third kappa shape index (κ3) is 6.53. The van der Waals surface area contributed by atoms with Crippen LogP contribution in [0.5, 0.6) is 0 Å². The minimum Gasteiger partial charge on any atom is -0.339 e. The Kier molecular flexibility index (Phi) is 8.02. The standard InChI is InChI=1S/C20H21N5O4/c21-11-17(20(28)25-29)24-19(27)15-7-3-13(4-8-15)1-2-14-5-9-16(10-6-14)23-18(26)12-22/h3-10,17,29H,11-12,21-22H2,(H,23,26)(H,24,27)(H,25,28)/p+1/t17-/m0/s1. The van der Waals surface area contributed by atoms with E-state index in [1.54, 1.807) is 48.5 Å². The molecule has 1 atom stereocenters. The van der Waals surface area contributed by atoms with Crippen LogP contribution in [0.1, 0.15) is 21.5 Å². The molecule has 2 aromatic carbocycles. The topological polar surface area (TPSA) is 164 Å². The van der Waals surface area contributed by atoms with Crippen LogP contribution < -0.4 is 27.6 Å². The van der Waals surface area contributed by atoms with Crippen LogP contribution in [0.3, 0.4) is 0 Å². The molecule has 0 heterocycles. The van der Waals surface area contributed by atoms with Crippen LogP contribution in [-0.4, -0.2) is 42.1 Å². The Bertz CT molecular complexity index is 930. The molecule has 3 amide bonds. The summed E-state index contributed by atoms with van der Waals surface area (Å²) >= 11 is 0. The van der Waals surface area contributed by atoms with Crippen molar-refractivity contribution in [1.29, 1.82) is 0 Å². The first-order valence-corrected chi connectivity index (χ1v) is 8.71. The SMILES string of the molecule is NCC(=O)[NH2+]c1ccc(C#Cc2ccc(C(=O)N[C@@H](CN)C(=O)NO)cc2)cc1. The predicted octanol–water partition coefficient (Wildman–Crippen LogP) is -1.67. The molecule has 0 saturated heterocycles. The largest absolute Gasteiger partial charge is 0.339 e. The fourth-order valence-electron chi connectivity index (χ4n) is 2.31. The molecule has 150 valence electrons. The Morgan fingerprint density at radius 3 is 2.00 bits per heavy atom. The van der Waals surface area contributed by atoms with Crippen LogP contribution in [0.15, 0.2) is 48.5 Å². The minimum absolute atomic E-state index is 0.0307. The first-order valence-electron chi connectivity index (χ1n) is 8.71. The van der Waals surface area contributed by atoms with Crippen LogP contribution in [0, 0.1) is 11.8 Å². The van der Waals surface area contributed by atoms with Gasteiger partial charge in [-0.1, -0.05) is 11.8 Å². The second kappa shape index (κ2) is 10.7. The number of carbonyl (C=O) groups excluding carboxylic acids is 3. The van der Waals surface area contributed by atoms with Crippen molar-refractivity contribution in [3.63, 3.8) is 0 Å². The monoisotopic (exact) mass is 396 g/mol. The second-order valence-corrected chi connectivity index (χ2v) is 6.00. The maximum atomic E-state index is 12.2. The van der Waals surface area contributed by atoms with Crippen LogP contribution in [0.2, 0.25) is 0 Å². The summed E-state index contributed by atoms with van der Waals surface area (Å²) < 4.78 is 0. The van der Waals surface area contributed by atoms with Crippen LogP contribution in [0.25, 0.3) is 0 Å². The Morgan fingerprint density at radius 2 is 1.52 bits per heavy atom. The van der Waals surface area contributed by atoms with E-state index in [-0.39, 0.29) is 19.0 Å². The lowest BCUT2D eigenvalue weighted by Gasteiger charge is -2.14. The predicted molar refractivity (Wildman–Crippen MR) is 105 cm³/mol. The number of hydroxylamine groups is 1. The molecule has 29 heavy (non-hydrogen) atoms. The highest BCUT2D eigenvalue weighted by Crippen LogP contribution is 2.06. The van der Waals surface area contributed by atoms with Crippen LogP contribution >= 0.6 is 0 Å². The molecule has 0 aliphatic heterocycles. The second-order valence-electron chi connectivity index (χ2n) is 6.00. The van der Waals surface area contributed by atoms with Gasteiger partial charge in [0.2, 0.25) is 0 Å². The number of nitrogens with two attached hydrogens (primary N) is 3. The van der Waals surface area contributed by atoms with Gasteiger partial charge in [-0.2, -0.15) is 0 Å². The summed E-state index contributed by atoms with van der Waals surface area (Å²) in [6.45, 7) is -0.185. The smallest absolute Gasteiger partial charge is 0.329 e. The van der Waals surface area contributed by atoms with E-state index in [9.17, 15) is 14.4 Å². The lowest BCUT2D eigenvalue weighted by Crippen LogP contribution is -2.83. The number of benzene rings is 2. The van der Waals surface area contributed by atoms with E-state index >= 15 is 0 Å². The van der Waals surface area contributed by atoms with E-state index in [0.29, 0.717) is 11.1 Å². The van der Waals surface area contributed by atoms with E-state index < -0.39 is 17.9 Å². The van der Waals surface area contributed by atoms with Gasteiger partial charge in [0.15, 0.2) is 0 Å². The van der Waals surface area contributed by atoms with Crippen molar-refractivity contribution in [2.75, 3.05) is 13.1 Å². The Balaban J connectivity index is 2.01. The maximum Gasteiger partial charge on any atom is 0.329 e. The van der Waals surface area contributed by atoms with Gasteiger partial charge in [-0.15, -0.1) is 0 Å². The first-order chi connectivity index (χ1) is 14.0. The average Bonchev–Trinajstić information content (AvgIpc) is 2.76. The number of rotatable bonds is 6. The maximum absolute atomic E-state index is 12.2. The highest BCUT2D eigenvalue weighted by molar-refractivity contribution is 5.97. The molecule has 0 spiro atoms. The van der Waals surface area contributed by atoms with Gasteiger partial charge in [-0.3, -0.25) is 14.8 Å². The third-order valence-electron chi connectivity index (χ3n) is 3.91. The Hall–Kier alpha value is -3.55. The van der Waals surface area contributed by atoms with Crippen molar-refractivity contribution in [3.8, 4) is 11.8 Å². The zero-order valence-electron chi connectivity index (χ0n) is 15.5. The van der Waals surface area contributed by atoms with Gasteiger partial charge < -0.3 is 16.8 Å². The molecule has 0 aliphatic carbocycles. The zero-order valence-corrected chi connectivity index (χ0v) is 15.5. The number of hydrogen-bond donors (Lipinski definition) is 6. The molecule has 9 heteroatoms. The van der Waals surface area contributed by atoms with Crippen molar-refractivity contribution in [2.45, 2.75) is 6.04 Å². The van der Waals surface area contributed by atoms with Gasteiger partial charge >= 0.3 is 5.91 Å². The van der Waals surface area contributed by atoms with Crippen molar-refractivity contribution >= 4 is 23.4 Å². The summed E-state index contributed by atoms with van der Waals surface area (Å²) in [6.07, 6.45) is 0. The number of quaternary nitrogens is 1. The summed E-state index contributed by atoms with van der Waals surface area (Å²) in [5, 5.41) is 12.5. The van der Waals surface area contributed by atoms with Crippen LogP contribution in [0.4, 0.5) is 5.69 Å². The zero-order chi connectivity index (χ0) is 21.2. The molecule has 2 rings (SSSR count). The molecule has 2 aromatic rings. The summed E-state index contributed by atoms with van der Waals surface area (Å²) in [5.41, 5.74) is 14.7. The van der Waals surface area contributed by atoms with Gasteiger partial charge in [-0.05, 0) is 36.4 Å². The molecule has 9 nitrogen and oxygen atoms in total. The molecule has 9 N–H and O–H groups in total. The van der Waals surface area contributed by atoms with Crippen molar-refractivity contribution in [1.82, 2.24) is 10.8 Å². The fraction of sp³-hybridized carbons (Fsp3) is 0.150. The third-order valence-corrected chi connectivity index (χ3v) is 3.91. The molecular formula is C20H22N5O4+. The number of amides is 3. The normalized spacial score (nSPS) is 11.0. The number of carbonyl (C=O) groups is 3. The number of nitrogens with one attached hydrogen (secondary N) is 2. The van der Waals surface area contributed by atoms with Crippen LogP contribution in [-0.2, 0) is 9.59 Å². The highest BCUT2D eigenvalue weighted by Gasteiger charge is 2.19. The quantitative estimate of drug-likeness (QED) is 0.148. The van der Waals surface area contributed by atoms with Gasteiger partial charge in [0.25, 0.3) is 11.8 Å². The number of hydrogen-bond acceptors (Lipinski definition) is 6.